The largest absolute Gasteiger partial charge is 0.444 e. The summed E-state index contributed by atoms with van der Waals surface area (Å²) in [7, 11) is 0. The summed E-state index contributed by atoms with van der Waals surface area (Å²) < 4.78 is 12.3. The van der Waals surface area contributed by atoms with Crippen molar-refractivity contribution >= 4 is 17.1 Å². The molecular formula is C25H27N5O5. The van der Waals surface area contributed by atoms with E-state index < -0.39 is 17.1 Å². The van der Waals surface area contributed by atoms with Gasteiger partial charge in [0.05, 0.1) is 35.7 Å². The van der Waals surface area contributed by atoms with Crippen LogP contribution in [0.1, 0.15) is 47.7 Å². The molecule has 0 spiro atoms. The van der Waals surface area contributed by atoms with Gasteiger partial charge >= 0.3 is 0 Å². The predicted octanol–water partition coefficient (Wildman–Crippen LogP) is 2.87. The molecule has 182 valence electrons. The number of rotatable bonds is 7. The Bertz CT molecular complexity index is 1400. The van der Waals surface area contributed by atoms with Gasteiger partial charge in [-0.05, 0) is 57.9 Å². The summed E-state index contributed by atoms with van der Waals surface area (Å²) in [5, 5.41) is 28.5. The summed E-state index contributed by atoms with van der Waals surface area (Å²) in [5.41, 5.74) is 2.08. The summed E-state index contributed by atoms with van der Waals surface area (Å²) in [5.74, 6) is -0.148. The number of hydrogen-bond donors (Lipinski definition) is 3. The highest BCUT2D eigenvalue weighted by Crippen LogP contribution is 2.30. The van der Waals surface area contributed by atoms with E-state index in [0.29, 0.717) is 43.2 Å². The van der Waals surface area contributed by atoms with Gasteiger partial charge in [-0.2, -0.15) is 5.10 Å². The topological polar surface area (TPSA) is 135 Å². The molecule has 0 radical (unpaired) electrons. The third-order valence-corrected chi connectivity index (χ3v) is 6.02. The van der Waals surface area contributed by atoms with Gasteiger partial charge in [0, 0.05) is 29.2 Å². The number of oxazole rings is 1. The number of aryl methyl sites for hydroxylation is 2. The van der Waals surface area contributed by atoms with Crippen LogP contribution in [0, 0.1) is 6.92 Å². The van der Waals surface area contributed by atoms with Gasteiger partial charge in [0.2, 0.25) is 5.89 Å². The van der Waals surface area contributed by atoms with Gasteiger partial charge < -0.3 is 24.7 Å². The van der Waals surface area contributed by atoms with Gasteiger partial charge in [0.25, 0.3) is 5.91 Å². The number of nitrogens with one attached hydrogen (secondary N) is 1. The van der Waals surface area contributed by atoms with Crippen molar-refractivity contribution in [1.82, 2.24) is 19.6 Å². The summed E-state index contributed by atoms with van der Waals surface area (Å²) in [6.45, 7) is 5.81. The fourth-order valence-electron chi connectivity index (χ4n) is 4.02. The molecule has 10 heteroatoms. The van der Waals surface area contributed by atoms with Gasteiger partial charge in [0.15, 0.2) is 5.69 Å². The lowest BCUT2D eigenvalue weighted by atomic mass is 9.95. The Labute approximate surface area is 201 Å². The number of nitrogens with zero attached hydrogens (tertiary/aromatic N) is 4. The normalized spacial score (nSPS) is 15.2. The van der Waals surface area contributed by atoms with E-state index in [9.17, 15) is 15.0 Å². The third-order valence-electron chi connectivity index (χ3n) is 6.02. The molecule has 0 aromatic carbocycles. The first kappa shape index (κ1) is 23.2. The molecule has 0 aliphatic carbocycles. The zero-order valence-corrected chi connectivity index (χ0v) is 19.8. The van der Waals surface area contributed by atoms with Gasteiger partial charge in [-0.25, -0.2) is 9.50 Å². The lowest BCUT2D eigenvalue weighted by Gasteiger charge is -2.36. The van der Waals surface area contributed by atoms with Crippen molar-refractivity contribution in [1.29, 1.82) is 0 Å². The Morgan fingerprint density at radius 2 is 2.09 bits per heavy atom. The number of carbonyl (C=O) groups excluding carboxylic acids is 1. The highest BCUT2D eigenvalue weighted by Gasteiger charge is 2.35. The van der Waals surface area contributed by atoms with E-state index in [4.69, 9.17) is 9.15 Å². The van der Waals surface area contributed by atoms with Crippen molar-refractivity contribution in [2.24, 2.45) is 0 Å². The van der Waals surface area contributed by atoms with E-state index in [1.165, 1.54) is 6.26 Å². The first-order valence-corrected chi connectivity index (χ1v) is 11.3. The van der Waals surface area contributed by atoms with Crippen LogP contribution in [0.2, 0.25) is 0 Å². The Morgan fingerprint density at radius 3 is 2.77 bits per heavy atom. The average molecular weight is 478 g/mol. The van der Waals surface area contributed by atoms with Crippen molar-refractivity contribution in [3.8, 4) is 11.5 Å². The second kappa shape index (κ2) is 8.56. The van der Waals surface area contributed by atoms with E-state index in [0.717, 1.165) is 22.5 Å². The fraction of sp³-hybridized carbons (Fsp3) is 0.360. The maximum atomic E-state index is 13.0. The van der Waals surface area contributed by atoms with Crippen molar-refractivity contribution in [3.63, 3.8) is 0 Å². The molecule has 10 nitrogen and oxygen atoms in total. The Morgan fingerprint density at radius 1 is 1.29 bits per heavy atom. The summed E-state index contributed by atoms with van der Waals surface area (Å²) in [6.07, 6.45) is 5.78. The number of anilines is 1. The van der Waals surface area contributed by atoms with Gasteiger partial charge in [-0.1, -0.05) is 0 Å². The molecule has 35 heavy (non-hydrogen) atoms. The van der Waals surface area contributed by atoms with Crippen molar-refractivity contribution < 1.29 is 24.2 Å². The first-order chi connectivity index (χ1) is 16.6. The minimum atomic E-state index is -1.25. The van der Waals surface area contributed by atoms with Crippen LogP contribution < -0.4 is 5.32 Å². The first-order valence-electron chi connectivity index (χ1n) is 11.3. The number of carbonyl (C=O) groups is 1. The number of aromatic nitrogens is 4. The monoisotopic (exact) mass is 477 g/mol. The van der Waals surface area contributed by atoms with Crippen LogP contribution in [0.4, 0.5) is 5.69 Å². The van der Waals surface area contributed by atoms with Crippen molar-refractivity contribution in [2.45, 2.75) is 44.8 Å². The van der Waals surface area contributed by atoms with E-state index in [2.05, 4.69) is 20.4 Å². The molecule has 0 atom stereocenters. The van der Waals surface area contributed by atoms with Crippen LogP contribution in [0.25, 0.3) is 17.0 Å². The molecule has 1 saturated heterocycles. The minimum Gasteiger partial charge on any atom is -0.444 e. The Balaban J connectivity index is 1.40. The van der Waals surface area contributed by atoms with Gasteiger partial charge in [-0.3, -0.25) is 9.78 Å². The molecule has 5 heterocycles. The molecule has 4 aromatic heterocycles. The van der Waals surface area contributed by atoms with E-state index in [1.54, 1.807) is 42.9 Å². The van der Waals surface area contributed by atoms with Crippen molar-refractivity contribution in [3.05, 3.63) is 65.6 Å². The number of hydrogen-bond acceptors (Lipinski definition) is 8. The van der Waals surface area contributed by atoms with E-state index in [-0.39, 0.29) is 5.69 Å². The van der Waals surface area contributed by atoms with Crippen LogP contribution in [0.15, 0.2) is 47.3 Å². The SMILES string of the molecule is Cc1cc(-c2nc(C(=O)Nc3cc4cc(CCC5(O)COC5)nn4cc3C(C)(C)O)co2)ccn1. The Kier molecular flexibility index (Phi) is 5.66. The lowest BCUT2D eigenvalue weighted by molar-refractivity contribution is -0.180. The smallest absolute Gasteiger partial charge is 0.277 e. The molecule has 0 bridgehead atoms. The quantitative estimate of drug-likeness (QED) is 0.370. The van der Waals surface area contributed by atoms with E-state index in [1.807, 2.05) is 19.1 Å². The lowest BCUT2D eigenvalue weighted by Crippen LogP contribution is -2.49. The van der Waals surface area contributed by atoms with Crippen LogP contribution in [-0.4, -0.2) is 54.5 Å². The number of aliphatic hydroxyl groups is 2. The zero-order chi connectivity index (χ0) is 24.8. The van der Waals surface area contributed by atoms with Gasteiger partial charge in [0.1, 0.15) is 11.9 Å². The molecule has 1 amide bonds. The molecule has 4 aromatic rings. The number of amides is 1. The van der Waals surface area contributed by atoms with E-state index >= 15 is 0 Å². The average Bonchev–Trinajstić information content (AvgIpc) is 3.42. The Hall–Kier alpha value is -3.60. The number of ether oxygens (including phenoxy) is 1. The molecule has 1 aliphatic heterocycles. The maximum Gasteiger partial charge on any atom is 0.277 e. The minimum absolute atomic E-state index is 0.112. The summed E-state index contributed by atoms with van der Waals surface area (Å²) in [6, 6.07) is 7.24. The second-order valence-corrected chi connectivity index (χ2v) is 9.56. The fourth-order valence-corrected chi connectivity index (χ4v) is 4.02. The molecule has 0 saturated carbocycles. The zero-order valence-electron chi connectivity index (χ0n) is 19.8. The highest BCUT2D eigenvalue weighted by molar-refractivity contribution is 6.03. The highest BCUT2D eigenvalue weighted by atomic mass is 16.5. The summed E-state index contributed by atoms with van der Waals surface area (Å²) in [4.78, 5) is 21.5. The maximum absolute atomic E-state index is 13.0. The summed E-state index contributed by atoms with van der Waals surface area (Å²) >= 11 is 0. The predicted molar refractivity (Wildman–Crippen MR) is 127 cm³/mol. The molecule has 3 N–H and O–H groups in total. The molecule has 0 unspecified atom stereocenters. The standard InChI is InChI=1S/C25H27N5O5/c1-15-8-16(5-7-26-15)23-28-21(12-35-23)22(31)27-20-10-18-9-17(4-6-25(33)13-34-14-25)29-30(18)11-19(20)24(2,3)32/h5,7-12,32-33H,4,6,13-14H2,1-3H3,(H,27,31). The molecule has 1 aliphatic rings. The third kappa shape index (κ3) is 4.81. The second-order valence-electron chi connectivity index (χ2n) is 9.56. The van der Waals surface area contributed by atoms with Crippen LogP contribution >= 0.6 is 0 Å². The molecule has 5 rings (SSSR count). The molecule has 1 fully saturated rings. The van der Waals surface area contributed by atoms with Crippen molar-refractivity contribution in [2.75, 3.05) is 18.5 Å². The van der Waals surface area contributed by atoms with Crippen LogP contribution in [0.5, 0.6) is 0 Å². The van der Waals surface area contributed by atoms with Crippen LogP contribution in [0.3, 0.4) is 0 Å². The van der Waals surface area contributed by atoms with Gasteiger partial charge in [-0.15, -0.1) is 0 Å². The van der Waals surface area contributed by atoms with Crippen LogP contribution in [-0.2, 0) is 16.8 Å². The number of fused-ring (bicyclic) bond motifs is 1. The number of pyridine rings is 2. The molecular weight excluding hydrogens is 450 g/mol.